The summed E-state index contributed by atoms with van der Waals surface area (Å²) in [5, 5.41) is 22.5. The molecule has 0 atom stereocenters. The second kappa shape index (κ2) is 8.13. The van der Waals surface area contributed by atoms with Crippen molar-refractivity contribution in [1.29, 1.82) is 0 Å². The van der Waals surface area contributed by atoms with Gasteiger partial charge in [-0.1, -0.05) is 41.7 Å². The van der Waals surface area contributed by atoms with Crippen molar-refractivity contribution in [3.8, 4) is 0 Å². The Kier molecular flexibility index (Phi) is 5.45. The summed E-state index contributed by atoms with van der Waals surface area (Å²) in [6.45, 7) is 0. The smallest absolute Gasteiger partial charge is 0.269 e. The van der Waals surface area contributed by atoms with Gasteiger partial charge in [0.05, 0.1) is 4.92 Å². The summed E-state index contributed by atoms with van der Waals surface area (Å²) in [6, 6.07) is 15.8. The number of nitro groups is 1. The molecule has 1 amide bonds. The molecule has 26 heavy (non-hydrogen) atoms. The van der Waals surface area contributed by atoms with Crippen LogP contribution < -0.4 is 5.32 Å². The van der Waals surface area contributed by atoms with Crippen LogP contribution in [0.1, 0.15) is 16.1 Å². The second-order valence-electron chi connectivity index (χ2n) is 5.33. The molecule has 1 heterocycles. The maximum Gasteiger partial charge on any atom is 0.269 e. The fourth-order valence-electron chi connectivity index (χ4n) is 2.17. The minimum Gasteiger partial charge on any atom is -0.297 e. The average molecular weight is 366 g/mol. The lowest BCUT2D eigenvalue weighted by Crippen LogP contribution is -2.07. The van der Waals surface area contributed by atoms with Crippen LogP contribution in [0.25, 0.3) is 6.08 Å². The van der Waals surface area contributed by atoms with Crippen molar-refractivity contribution in [1.82, 2.24) is 10.2 Å². The Labute approximate surface area is 153 Å². The van der Waals surface area contributed by atoms with Crippen LogP contribution in [-0.4, -0.2) is 21.0 Å². The number of rotatable bonds is 6. The number of anilines is 1. The maximum atomic E-state index is 12.0. The van der Waals surface area contributed by atoms with E-state index in [9.17, 15) is 14.9 Å². The van der Waals surface area contributed by atoms with Gasteiger partial charge in [-0.15, -0.1) is 10.2 Å². The van der Waals surface area contributed by atoms with Gasteiger partial charge in [0, 0.05) is 24.6 Å². The molecule has 0 aliphatic rings. The summed E-state index contributed by atoms with van der Waals surface area (Å²) in [4.78, 5) is 22.1. The molecule has 0 bridgehead atoms. The first-order valence-electron chi connectivity index (χ1n) is 7.70. The minimum absolute atomic E-state index is 0.00593. The molecule has 0 saturated heterocycles. The van der Waals surface area contributed by atoms with Crippen LogP contribution >= 0.6 is 11.3 Å². The second-order valence-corrected chi connectivity index (χ2v) is 6.40. The number of amides is 1. The predicted octanol–water partition coefficient (Wildman–Crippen LogP) is 3.69. The molecule has 3 rings (SSSR count). The van der Waals surface area contributed by atoms with E-state index < -0.39 is 4.92 Å². The molecule has 0 aliphatic heterocycles. The van der Waals surface area contributed by atoms with Crippen LogP contribution in [0.4, 0.5) is 10.8 Å². The fourth-order valence-corrected chi connectivity index (χ4v) is 2.95. The van der Waals surface area contributed by atoms with Crippen molar-refractivity contribution in [3.63, 3.8) is 0 Å². The zero-order chi connectivity index (χ0) is 18.4. The van der Waals surface area contributed by atoms with Crippen molar-refractivity contribution in [2.75, 3.05) is 5.32 Å². The first-order valence-corrected chi connectivity index (χ1v) is 8.51. The summed E-state index contributed by atoms with van der Waals surface area (Å²) in [5.41, 5.74) is 1.82. The topological polar surface area (TPSA) is 98.0 Å². The lowest BCUT2D eigenvalue weighted by Gasteiger charge is -1.96. The van der Waals surface area contributed by atoms with E-state index in [1.54, 1.807) is 18.2 Å². The van der Waals surface area contributed by atoms with E-state index in [-0.39, 0.29) is 11.6 Å². The zero-order valence-corrected chi connectivity index (χ0v) is 14.3. The molecule has 130 valence electrons. The molecule has 0 aliphatic carbocycles. The highest BCUT2D eigenvalue weighted by Gasteiger charge is 2.07. The SMILES string of the molecule is O=C(C=Cc1ccc([N+](=O)[O-])cc1)Nc1nnc(Cc2ccccc2)s1. The third-order valence-electron chi connectivity index (χ3n) is 3.43. The third-order valence-corrected chi connectivity index (χ3v) is 4.26. The van der Waals surface area contributed by atoms with Gasteiger partial charge < -0.3 is 0 Å². The third kappa shape index (κ3) is 4.81. The van der Waals surface area contributed by atoms with Crippen LogP contribution in [-0.2, 0) is 11.2 Å². The monoisotopic (exact) mass is 366 g/mol. The van der Waals surface area contributed by atoms with Crippen molar-refractivity contribution in [2.24, 2.45) is 0 Å². The number of aromatic nitrogens is 2. The van der Waals surface area contributed by atoms with Crippen LogP contribution in [0.3, 0.4) is 0 Å². The molecule has 0 spiro atoms. The van der Waals surface area contributed by atoms with Gasteiger partial charge in [-0.05, 0) is 29.3 Å². The number of benzene rings is 2. The first-order chi connectivity index (χ1) is 12.6. The number of nitrogens with one attached hydrogen (secondary N) is 1. The number of carbonyl (C=O) groups excluding carboxylic acids is 1. The number of carbonyl (C=O) groups is 1. The Bertz CT molecular complexity index is 937. The largest absolute Gasteiger partial charge is 0.297 e. The van der Waals surface area contributed by atoms with Gasteiger partial charge in [0.25, 0.3) is 5.69 Å². The summed E-state index contributed by atoms with van der Waals surface area (Å²) in [6.07, 6.45) is 3.58. The fraction of sp³-hybridized carbons (Fsp3) is 0.0556. The normalized spacial score (nSPS) is 10.8. The van der Waals surface area contributed by atoms with E-state index in [1.165, 1.54) is 29.5 Å². The molecular weight excluding hydrogens is 352 g/mol. The standard InChI is InChI=1S/C18H14N4O3S/c23-16(11-8-13-6-9-15(10-7-13)22(24)25)19-18-21-20-17(26-18)12-14-4-2-1-3-5-14/h1-11H,12H2,(H,19,21,23). The summed E-state index contributed by atoms with van der Waals surface area (Å²) < 4.78 is 0. The summed E-state index contributed by atoms with van der Waals surface area (Å²) >= 11 is 1.32. The number of nitrogens with zero attached hydrogens (tertiary/aromatic N) is 3. The summed E-state index contributed by atoms with van der Waals surface area (Å²) in [5.74, 6) is -0.342. The van der Waals surface area contributed by atoms with E-state index in [1.807, 2.05) is 30.3 Å². The highest BCUT2D eigenvalue weighted by atomic mass is 32.1. The zero-order valence-electron chi connectivity index (χ0n) is 13.5. The van der Waals surface area contributed by atoms with E-state index in [4.69, 9.17) is 0 Å². The molecule has 0 unspecified atom stereocenters. The Morgan fingerprint density at radius 2 is 1.85 bits per heavy atom. The molecule has 3 aromatic rings. The Balaban J connectivity index is 1.57. The first kappa shape index (κ1) is 17.4. The number of hydrogen-bond donors (Lipinski definition) is 1. The van der Waals surface area contributed by atoms with Gasteiger partial charge in [-0.25, -0.2) is 0 Å². The molecule has 0 saturated carbocycles. The van der Waals surface area contributed by atoms with E-state index in [0.717, 1.165) is 10.6 Å². The van der Waals surface area contributed by atoms with Gasteiger partial charge in [0.1, 0.15) is 5.01 Å². The van der Waals surface area contributed by atoms with E-state index in [2.05, 4.69) is 15.5 Å². The lowest BCUT2D eigenvalue weighted by atomic mass is 10.2. The number of hydrogen-bond acceptors (Lipinski definition) is 6. The Morgan fingerprint density at radius 1 is 1.12 bits per heavy atom. The van der Waals surface area contributed by atoms with Gasteiger partial charge in [0.15, 0.2) is 0 Å². The molecule has 7 nitrogen and oxygen atoms in total. The van der Waals surface area contributed by atoms with Gasteiger partial charge in [-0.2, -0.15) is 0 Å². The van der Waals surface area contributed by atoms with Gasteiger partial charge in [-0.3, -0.25) is 20.2 Å². The van der Waals surface area contributed by atoms with Crippen LogP contribution in [0.5, 0.6) is 0 Å². The minimum atomic E-state index is -0.470. The lowest BCUT2D eigenvalue weighted by molar-refractivity contribution is -0.384. The van der Waals surface area contributed by atoms with Crippen molar-refractivity contribution in [3.05, 3.63) is 86.9 Å². The van der Waals surface area contributed by atoms with Gasteiger partial charge >= 0.3 is 0 Å². The molecule has 2 aromatic carbocycles. The molecular formula is C18H14N4O3S. The Morgan fingerprint density at radius 3 is 2.54 bits per heavy atom. The van der Waals surface area contributed by atoms with Crippen LogP contribution in [0.15, 0.2) is 60.7 Å². The predicted molar refractivity (Wildman–Crippen MR) is 99.9 cm³/mol. The Hall–Kier alpha value is -3.39. The summed E-state index contributed by atoms with van der Waals surface area (Å²) in [7, 11) is 0. The highest BCUT2D eigenvalue weighted by molar-refractivity contribution is 7.15. The van der Waals surface area contributed by atoms with Gasteiger partial charge in [0.2, 0.25) is 11.0 Å². The number of nitro benzene ring substituents is 1. The maximum absolute atomic E-state index is 12.0. The van der Waals surface area contributed by atoms with Crippen LogP contribution in [0.2, 0.25) is 0 Å². The molecule has 0 radical (unpaired) electrons. The quantitative estimate of drug-likeness (QED) is 0.407. The number of non-ortho nitro benzene ring substituents is 1. The van der Waals surface area contributed by atoms with Crippen molar-refractivity contribution < 1.29 is 9.72 Å². The van der Waals surface area contributed by atoms with Crippen LogP contribution in [0, 0.1) is 10.1 Å². The van der Waals surface area contributed by atoms with E-state index in [0.29, 0.717) is 17.1 Å². The molecule has 1 N–H and O–H groups in total. The van der Waals surface area contributed by atoms with E-state index >= 15 is 0 Å². The molecule has 1 aromatic heterocycles. The molecule has 0 fully saturated rings. The molecule has 8 heteroatoms. The average Bonchev–Trinajstić information content (AvgIpc) is 3.08. The van der Waals surface area contributed by atoms with Crippen molar-refractivity contribution in [2.45, 2.75) is 6.42 Å². The highest BCUT2D eigenvalue weighted by Crippen LogP contribution is 2.18. The van der Waals surface area contributed by atoms with Crippen molar-refractivity contribution >= 4 is 34.1 Å².